The van der Waals surface area contributed by atoms with Crippen molar-refractivity contribution >= 4 is 23.2 Å². The normalized spacial score (nSPS) is 12.1. The third-order valence-corrected chi connectivity index (χ3v) is 4.14. The first-order valence-electron chi connectivity index (χ1n) is 8.13. The Morgan fingerprint density at radius 1 is 1.20 bits per heavy atom. The molecule has 1 atom stereocenters. The number of amides is 1. The summed E-state index contributed by atoms with van der Waals surface area (Å²) >= 11 is 5.89. The largest absolute Gasteiger partial charge is 0.322 e. The molecule has 1 amide bonds. The van der Waals surface area contributed by atoms with E-state index in [-0.39, 0.29) is 5.91 Å². The van der Waals surface area contributed by atoms with Crippen molar-refractivity contribution < 1.29 is 4.79 Å². The minimum Gasteiger partial charge on any atom is -0.322 e. The van der Waals surface area contributed by atoms with Crippen molar-refractivity contribution in [2.24, 2.45) is 0 Å². The van der Waals surface area contributed by atoms with Gasteiger partial charge < -0.3 is 5.32 Å². The second kappa shape index (κ2) is 7.53. The number of halogens is 1. The van der Waals surface area contributed by atoms with Gasteiger partial charge in [-0.3, -0.25) is 14.2 Å². The van der Waals surface area contributed by atoms with E-state index in [1.807, 2.05) is 13.1 Å². The molecule has 1 N–H and O–H groups in total. The first kappa shape index (κ1) is 17.2. The minimum atomic E-state index is -0.409. The Morgan fingerprint density at radius 2 is 1.96 bits per heavy atom. The van der Waals surface area contributed by atoms with Crippen LogP contribution in [0.1, 0.15) is 30.5 Å². The number of anilines is 1. The van der Waals surface area contributed by atoms with Gasteiger partial charge >= 0.3 is 0 Å². The average Bonchev–Trinajstić information content (AvgIpc) is 3.20. The Bertz CT molecular complexity index is 852. The number of rotatable bonds is 6. The van der Waals surface area contributed by atoms with Crippen molar-refractivity contribution in [1.29, 1.82) is 0 Å². The maximum atomic E-state index is 12.5. The van der Waals surface area contributed by atoms with Gasteiger partial charge in [0.05, 0.1) is 29.6 Å². The van der Waals surface area contributed by atoms with Crippen molar-refractivity contribution in [3.05, 3.63) is 65.2 Å². The summed E-state index contributed by atoms with van der Waals surface area (Å²) < 4.78 is 3.38. The van der Waals surface area contributed by atoms with Crippen molar-refractivity contribution in [3.63, 3.8) is 0 Å². The first-order valence-corrected chi connectivity index (χ1v) is 8.51. The van der Waals surface area contributed by atoms with Gasteiger partial charge in [-0.1, -0.05) is 48.4 Å². The van der Waals surface area contributed by atoms with Gasteiger partial charge in [0.2, 0.25) is 5.91 Å². The second-order valence-corrected chi connectivity index (χ2v) is 6.40. The monoisotopic (exact) mass is 357 g/mol. The third-order valence-electron chi connectivity index (χ3n) is 3.94. The van der Waals surface area contributed by atoms with Gasteiger partial charge in [-0.25, -0.2) is 0 Å². The molecular weight excluding hydrogens is 338 g/mol. The molecule has 1 unspecified atom stereocenters. The summed E-state index contributed by atoms with van der Waals surface area (Å²) in [6, 6.07) is 7.88. The fourth-order valence-electron chi connectivity index (χ4n) is 2.60. The van der Waals surface area contributed by atoms with Crippen LogP contribution in [0, 0.1) is 6.92 Å². The first-order chi connectivity index (χ1) is 12.0. The molecule has 1 aromatic carbocycles. The highest BCUT2D eigenvalue weighted by atomic mass is 35.5. The average molecular weight is 358 g/mol. The van der Waals surface area contributed by atoms with Crippen molar-refractivity contribution in [2.45, 2.75) is 32.9 Å². The van der Waals surface area contributed by atoms with Crippen LogP contribution in [0.15, 0.2) is 49.1 Å². The Morgan fingerprint density at radius 3 is 2.60 bits per heavy atom. The second-order valence-electron chi connectivity index (χ2n) is 5.96. The summed E-state index contributed by atoms with van der Waals surface area (Å²) in [6.45, 7) is 4.64. The van der Waals surface area contributed by atoms with Crippen LogP contribution in [-0.4, -0.2) is 25.5 Å². The van der Waals surface area contributed by atoms with E-state index >= 15 is 0 Å². The number of hydrogen-bond acceptors (Lipinski definition) is 3. The molecule has 0 saturated heterocycles. The van der Waals surface area contributed by atoms with Crippen LogP contribution >= 0.6 is 11.6 Å². The van der Waals surface area contributed by atoms with E-state index in [2.05, 4.69) is 46.7 Å². The summed E-state index contributed by atoms with van der Waals surface area (Å²) in [6.07, 6.45) is 7.25. The lowest BCUT2D eigenvalue weighted by Crippen LogP contribution is -2.25. The topological polar surface area (TPSA) is 64.7 Å². The van der Waals surface area contributed by atoms with Crippen molar-refractivity contribution in [3.8, 4) is 0 Å². The summed E-state index contributed by atoms with van der Waals surface area (Å²) in [5.74, 6) is -0.142. The van der Waals surface area contributed by atoms with Gasteiger partial charge in [0, 0.05) is 12.4 Å². The number of hydrogen-bond donors (Lipinski definition) is 1. The van der Waals surface area contributed by atoms with E-state index in [0.717, 1.165) is 5.56 Å². The Hall–Kier alpha value is -2.60. The van der Waals surface area contributed by atoms with Gasteiger partial charge in [0.25, 0.3) is 0 Å². The Balaban J connectivity index is 1.65. The number of aryl methyl sites for hydroxylation is 1. The Kier molecular flexibility index (Phi) is 5.19. The van der Waals surface area contributed by atoms with Crippen molar-refractivity contribution in [2.75, 3.05) is 5.32 Å². The lowest BCUT2D eigenvalue weighted by molar-refractivity contribution is -0.119. The highest BCUT2D eigenvalue weighted by molar-refractivity contribution is 6.30. The molecule has 3 rings (SSSR count). The predicted molar refractivity (Wildman–Crippen MR) is 97.7 cm³/mol. The Labute approximate surface area is 151 Å². The lowest BCUT2D eigenvalue weighted by Gasteiger charge is -2.14. The zero-order chi connectivity index (χ0) is 17.8. The molecule has 7 heteroatoms. The molecule has 0 aliphatic carbocycles. The van der Waals surface area contributed by atoms with Gasteiger partial charge in [-0.05, 0) is 18.9 Å². The zero-order valence-corrected chi connectivity index (χ0v) is 14.9. The van der Waals surface area contributed by atoms with Gasteiger partial charge in [0.1, 0.15) is 6.04 Å². The van der Waals surface area contributed by atoms with E-state index in [9.17, 15) is 4.79 Å². The quantitative estimate of drug-likeness (QED) is 0.731. The molecular formula is C18H20ClN5O. The molecule has 0 radical (unpaired) electrons. The number of nitrogens with one attached hydrogen (secondary N) is 1. The SMILES string of the molecule is CCC(C(=O)Nc1cnn(Cc2ccc(C)cc2)c1)n1cc(Cl)cn1. The molecule has 3 aromatic rings. The van der Waals surface area contributed by atoms with Gasteiger partial charge in [-0.15, -0.1) is 0 Å². The number of benzene rings is 1. The number of nitrogens with zero attached hydrogens (tertiary/aromatic N) is 4. The number of carbonyl (C=O) groups is 1. The highest BCUT2D eigenvalue weighted by Crippen LogP contribution is 2.17. The molecule has 25 heavy (non-hydrogen) atoms. The fraction of sp³-hybridized carbons (Fsp3) is 0.278. The summed E-state index contributed by atoms with van der Waals surface area (Å²) in [4.78, 5) is 12.5. The van der Waals surface area contributed by atoms with Crippen molar-refractivity contribution in [1.82, 2.24) is 19.6 Å². The van der Waals surface area contributed by atoms with Crippen LogP contribution in [0.3, 0.4) is 0 Å². The number of aromatic nitrogens is 4. The molecule has 0 fully saturated rings. The smallest absolute Gasteiger partial charge is 0.249 e. The maximum Gasteiger partial charge on any atom is 0.249 e. The number of carbonyl (C=O) groups excluding carboxylic acids is 1. The van der Waals surface area contributed by atoms with Crippen LogP contribution in [0.2, 0.25) is 5.02 Å². The molecule has 0 bridgehead atoms. The fourth-order valence-corrected chi connectivity index (χ4v) is 2.74. The van der Waals surface area contributed by atoms with E-state index in [1.54, 1.807) is 21.8 Å². The third kappa shape index (κ3) is 4.28. The van der Waals surface area contributed by atoms with Gasteiger partial charge in [0.15, 0.2) is 0 Å². The highest BCUT2D eigenvalue weighted by Gasteiger charge is 2.20. The zero-order valence-electron chi connectivity index (χ0n) is 14.2. The van der Waals surface area contributed by atoms with Gasteiger partial charge in [-0.2, -0.15) is 10.2 Å². The maximum absolute atomic E-state index is 12.5. The molecule has 2 aromatic heterocycles. The molecule has 0 spiro atoms. The van der Waals surface area contributed by atoms with Crippen LogP contribution < -0.4 is 5.32 Å². The molecule has 130 valence electrons. The molecule has 0 aliphatic heterocycles. The van der Waals surface area contributed by atoms with Crippen LogP contribution in [0.25, 0.3) is 0 Å². The lowest BCUT2D eigenvalue weighted by atomic mass is 10.1. The van der Waals surface area contributed by atoms with E-state index in [0.29, 0.717) is 23.7 Å². The molecule has 0 saturated carbocycles. The summed E-state index contributed by atoms with van der Waals surface area (Å²) in [5.41, 5.74) is 3.04. The van der Waals surface area contributed by atoms with E-state index < -0.39 is 6.04 Å². The van der Waals surface area contributed by atoms with E-state index in [4.69, 9.17) is 11.6 Å². The molecule has 2 heterocycles. The predicted octanol–water partition coefficient (Wildman–Crippen LogP) is 3.68. The van der Waals surface area contributed by atoms with E-state index in [1.165, 1.54) is 11.8 Å². The molecule has 0 aliphatic rings. The van der Waals surface area contributed by atoms with Crippen LogP contribution in [0.5, 0.6) is 0 Å². The van der Waals surface area contributed by atoms with Crippen LogP contribution in [-0.2, 0) is 11.3 Å². The standard InChI is InChI=1S/C18H20ClN5O/c1-3-17(24-11-15(19)8-21-24)18(25)22-16-9-20-23(12-16)10-14-6-4-13(2)5-7-14/h4-9,11-12,17H,3,10H2,1-2H3,(H,22,25). The summed E-state index contributed by atoms with van der Waals surface area (Å²) in [5, 5.41) is 11.8. The molecule has 6 nitrogen and oxygen atoms in total. The van der Waals surface area contributed by atoms with Crippen LogP contribution in [0.4, 0.5) is 5.69 Å². The minimum absolute atomic E-state index is 0.142. The summed E-state index contributed by atoms with van der Waals surface area (Å²) in [7, 11) is 0.